The predicted octanol–water partition coefficient (Wildman–Crippen LogP) is 5.38. The number of benzene rings is 3. The van der Waals surface area contributed by atoms with Crippen molar-refractivity contribution < 1.29 is 4.79 Å². The van der Waals surface area contributed by atoms with Crippen molar-refractivity contribution in [2.24, 2.45) is 0 Å². The van der Waals surface area contributed by atoms with E-state index in [0.717, 1.165) is 36.3 Å². The molecule has 0 saturated heterocycles. The molecule has 140 valence electrons. The van der Waals surface area contributed by atoms with E-state index in [-0.39, 0.29) is 5.91 Å². The highest BCUT2D eigenvalue weighted by molar-refractivity contribution is 7.81. The zero-order valence-electron chi connectivity index (χ0n) is 15.8. The zero-order valence-corrected chi connectivity index (χ0v) is 16.6. The lowest BCUT2D eigenvalue weighted by Gasteiger charge is -2.29. The van der Waals surface area contributed by atoms with Crippen LogP contribution in [0.2, 0.25) is 0 Å². The van der Waals surface area contributed by atoms with E-state index in [4.69, 9.17) is 12.2 Å². The highest BCUT2D eigenvalue weighted by Gasteiger charge is 2.23. The van der Waals surface area contributed by atoms with Crippen molar-refractivity contribution in [1.29, 1.82) is 0 Å². The first-order valence-electron chi connectivity index (χ1n) is 9.50. The van der Waals surface area contributed by atoms with Crippen LogP contribution in [-0.2, 0) is 6.42 Å². The minimum Gasteiger partial charge on any atom is -0.346 e. The SMILES string of the molecule is Cc1cccc(C(=S)Nc2ccc(C(=O)N3CCCc4ccccc43)cc2)c1. The van der Waals surface area contributed by atoms with Gasteiger partial charge in [0.2, 0.25) is 0 Å². The summed E-state index contributed by atoms with van der Waals surface area (Å²) in [5.41, 5.74) is 5.99. The molecule has 3 aromatic rings. The molecule has 1 amide bonds. The Kier molecular flexibility index (Phi) is 5.22. The molecule has 0 fully saturated rings. The first-order chi connectivity index (χ1) is 13.6. The fourth-order valence-corrected chi connectivity index (χ4v) is 3.83. The molecule has 1 heterocycles. The molecule has 4 rings (SSSR count). The molecule has 0 aromatic heterocycles. The van der Waals surface area contributed by atoms with E-state index >= 15 is 0 Å². The number of fused-ring (bicyclic) bond motifs is 1. The number of carbonyl (C=O) groups excluding carboxylic acids is 1. The Balaban J connectivity index is 1.49. The lowest BCUT2D eigenvalue weighted by atomic mass is 10.0. The van der Waals surface area contributed by atoms with Gasteiger partial charge in [-0.25, -0.2) is 0 Å². The van der Waals surface area contributed by atoms with Gasteiger partial charge in [-0.2, -0.15) is 0 Å². The third kappa shape index (κ3) is 3.82. The number of hydrogen-bond donors (Lipinski definition) is 1. The summed E-state index contributed by atoms with van der Waals surface area (Å²) in [6.07, 6.45) is 2.02. The minimum atomic E-state index is 0.0416. The van der Waals surface area contributed by atoms with Crippen LogP contribution in [0.4, 0.5) is 11.4 Å². The van der Waals surface area contributed by atoms with Crippen molar-refractivity contribution in [1.82, 2.24) is 0 Å². The van der Waals surface area contributed by atoms with E-state index in [9.17, 15) is 4.79 Å². The van der Waals surface area contributed by atoms with Crippen LogP contribution in [0.25, 0.3) is 0 Å². The van der Waals surface area contributed by atoms with E-state index in [0.29, 0.717) is 10.6 Å². The summed E-state index contributed by atoms with van der Waals surface area (Å²) >= 11 is 5.51. The third-order valence-electron chi connectivity index (χ3n) is 5.03. The molecule has 0 spiro atoms. The Morgan fingerprint density at radius 1 is 0.964 bits per heavy atom. The zero-order chi connectivity index (χ0) is 19.5. The van der Waals surface area contributed by atoms with Crippen molar-refractivity contribution >= 4 is 34.5 Å². The standard InChI is InChI=1S/C24H22N2OS/c1-17-6-4-8-20(16-17)23(28)25-21-13-11-19(12-14-21)24(27)26-15-5-9-18-7-2-3-10-22(18)26/h2-4,6-8,10-14,16H,5,9,15H2,1H3,(H,25,28). The molecule has 3 nitrogen and oxygen atoms in total. The number of rotatable bonds is 3. The minimum absolute atomic E-state index is 0.0416. The van der Waals surface area contributed by atoms with Crippen LogP contribution < -0.4 is 10.2 Å². The van der Waals surface area contributed by atoms with Gasteiger partial charge in [0.1, 0.15) is 4.99 Å². The Hall–Kier alpha value is -2.98. The summed E-state index contributed by atoms with van der Waals surface area (Å²) in [5.74, 6) is 0.0416. The van der Waals surface area contributed by atoms with Gasteiger partial charge in [-0.15, -0.1) is 0 Å². The second kappa shape index (κ2) is 7.95. The first kappa shape index (κ1) is 18.4. The van der Waals surface area contributed by atoms with E-state index in [1.807, 2.05) is 72.5 Å². The molecule has 0 bridgehead atoms. The third-order valence-corrected chi connectivity index (χ3v) is 5.36. The molecule has 1 N–H and O–H groups in total. The van der Waals surface area contributed by atoms with Crippen LogP contribution in [0.1, 0.15) is 33.5 Å². The summed E-state index contributed by atoms with van der Waals surface area (Å²) in [5, 5.41) is 3.25. The normalized spacial score (nSPS) is 13.0. The maximum Gasteiger partial charge on any atom is 0.258 e. The molecule has 0 radical (unpaired) electrons. The summed E-state index contributed by atoms with van der Waals surface area (Å²) < 4.78 is 0. The highest BCUT2D eigenvalue weighted by Crippen LogP contribution is 2.28. The number of carbonyl (C=O) groups is 1. The number of amides is 1. The molecule has 4 heteroatoms. The topological polar surface area (TPSA) is 32.3 Å². The van der Waals surface area contributed by atoms with Gasteiger partial charge in [0.15, 0.2) is 0 Å². The summed E-state index contributed by atoms with van der Waals surface area (Å²) in [4.78, 5) is 15.6. The Labute approximate surface area is 171 Å². The van der Waals surface area contributed by atoms with Crippen LogP contribution in [0.3, 0.4) is 0 Å². The van der Waals surface area contributed by atoms with Crippen molar-refractivity contribution in [3.8, 4) is 0 Å². The van der Waals surface area contributed by atoms with Crippen LogP contribution in [-0.4, -0.2) is 17.4 Å². The first-order valence-corrected chi connectivity index (χ1v) is 9.90. The summed E-state index contributed by atoms with van der Waals surface area (Å²) in [7, 11) is 0. The number of aryl methyl sites for hydroxylation is 2. The fraction of sp³-hybridized carbons (Fsp3) is 0.167. The molecular formula is C24H22N2OS. The van der Waals surface area contributed by atoms with Gasteiger partial charge in [0, 0.05) is 29.0 Å². The maximum absolute atomic E-state index is 13.0. The van der Waals surface area contributed by atoms with E-state index < -0.39 is 0 Å². The smallest absolute Gasteiger partial charge is 0.258 e. The Bertz CT molecular complexity index is 1030. The lowest BCUT2D eigenvalue weighted by molar-refractivity contribution is 0.0985. The number of anilines is 2. The van der Waals surface area contributed by atoms with Crippen LogP contribution >= 0.6 is 12.2 Å². The van der Waals surface area contributed by atoms with Crippen LogP contribution in [0.15, 0.2) is 72.8 Å². The molecule has 1 aliphatic heterocycles. The molecule has 28 heavy (non-hydrogen) atoms. The van der Waals surface area contributed by atoms with E-state index in [1.54, 1.807) is 0 Å². The highest BCUT2D eigenvalue weighted by atomic mass is 32.1. The average molecular weight is 387 g/mol. The van der Waals surface area contributed by atoms with Gasteiger partial charge in [0.05, 0.1) is 0 Å². The summed E-state index contributed by atoms with van der Waals surface area (Å²) in [6.45, 7) is 2.80. The van der Waals surface area contributed by atoms with Gasteiger partial charge in [-0.3, -0.25) is 4.79 Å². The van der Waals surface area contributed by atoms with Gasteiger partial charge in [0.25, 0.3) is 5.91 Å². The average Bonchev–Trinajstić information content (AvgIpc) is 2.73. The van der Waals surface area contributed by atoms with Crippen LogP contribution in [0, 0.1) is 6.92 Å². The lowest BCUT2D eigenvalue weighted by Crippen LogP contribution is -2.35. The van der Waals surface area contributed by atoms with Gasteiger partial charge in [-0.1, -0.05) is 54.2 Å². The second-order valence-electron chi connectivity index (χ2n) is 7.09. The number of para-hydroxylation sites is 1. The predicted molar refractivity (Wildman–Crippen MR) is 119 cm³/mol. The largest absolute Gasteiger partial charge is 0.346 e. The van der Waals surface area contributed by atoms with Crippen molar-refractivity contribution in [2.45, 2.75) is 19.8 Å². The molecule has 0 atom stereocenters. The molecule has 0 aliphatic carbocycles. The number of nitrogens with one attached hydrogen (secondary N) is 1. The van der Waals surface area contributed by atoms with Gasteiger partial charge < -0.3 is 10.2 Å². The number of thiocarbonyl (C=S) groups is 1. The molecule has 1 aliphatic rings. The number of hydrogen-bond acceptors (Lipinski definition) is 2. The fourth-order valence-electron chi connectivity index (χ4n) is 3.59. The molecular weight excluding hydrogens is 364 g/mol. The maximum atomic E-state index is 13.0. The number of nitrogens with zero attached hydrogens (tertiary/aromatic N) is 1. The molecule has 0 unspecified atom stereocenters. The Morgan fingerprint density at radius 2 is 1.75 bits per heavy atom. The summed E-state index contributed by atoms with van der Waals surface area (Å²) in [6, 6.07) is 23.8. The molecule has 3 aromatic carbocycles. The monoisotopic (exact) mass is 386 g/mol. The quantitative estimate of drug-likeness (QED) is 0.614. The van der Waals surface area contributed by atoms with Crippen LogP contribution in [0.5, 0.6) is 0 Å². The van der Waals surface area contributed by atoms with Gasteiger partial charge in [-0.05, 0) is 61.7 Å². The van der Waals surface area contributed by atoms with Crippen molar-refractivity contribution in [3.05, 3.63) is 95.1 Å². The van der Waals surface area contributed by atoms with Crippen molar-refractivity contribution in [3.63, 3.8) is 0 Å². The van der Waals surface area contributed by atoms with Gasteiger partial charge >= 0.3 is 0 Å². The van der Waals surface area contributed by atoms with E-state index in [2.05, 4.69) is 17.4 Å². The second-order valence-corrected chi connectivity index (χ2v) is 7.50. The Morgan fingerprint density at radius 3 is 2.54 bits per heavy atom. The molecule has 0 saturated carbocycles. The van der Waals surface area contributed by atoms with Crippen molar-refractivity contribution in [2.75, 3.05) is 16.8 Å². The van der Waals surface area contributed by atoms with E-state index in [1.165, 1.54) is 11.1 Å².